The predicted octanol–water partition coefficient (Wildman–Crippen LogP) is 6.60. The number of nitrogens with one attached hydrogen (secondary N) is 1. The molecule has 1 aliphatic carbocycles. The van der Waals surface area contributed by atoms with Crippen LogP contribution in [-0.2, 0) is 9.53 Å². The first-order chi connectivity index (χ1) is 18.8. The SMILES string of the molecule is CC(C)(C)OC(=O)CCCCNc1nc2ccccc2n(C2C[C@H]3CC[C@@H](C2)N3C2CCCCCCC2)c1=O. The number of ether oxygens (including phenoxy) is 1. The van der Waals surface area contributed by atoms with E-state index in [4.69, 9.17) is 9.72 Å². The molecular formula is C32H48N4O3. The van der Waals surface area contributed by atoms with E-state index in [9.17, 15) is 9.59 Å². The van der Waals surface area contributed by atoms with E-state index in [0.717, 1.165) is 36.3 Å². The number of hydrogen-bond donors (Lipinski definition) is 1. The smallest absolute Gasteiger partial charge is 0.306 e. The number of esters is 1. The first kappa shape index (κ1) is 28.1. The first-order valence-electron chi connectivity index (χ1n) is 15.5. The summed E-state index contributed by atoms with van der Waals surface area (Å²) in [5.74, 6) is 0.259. The Morgan fingerprint density at radius 3 is 2.28 bits per heavy atom. The van der Waals surface area contributed by atoms with Crippen LogP contribution in [0.25, 0.3) is 11.0 Å². The number of fused-ring (bicyclic) bond motifs is 3. The molecule has 2 aliphatic heterocycles. The van der Waals surface area contributed by atoms with Crippen molar-refractivity contribution in [3.8, 4) is 0 Å². The largest absolute Gasteiger partial charge is 0.460 e. The number of anilines is 1. The van der Waals surface area contributed by atoms with Gasteiger partial charge < -0.3 is 14.6 Å². The number of unbranched alkanes of at least 4 members (excludes halogenated alkanes) is 1. The number of carbonyl (C=O) groups is 1. The Bertz CT molecular complexity index is 1160. The molecule has 1 aromatic carbocycles. The highest BCUT2D eigenvalue weighted by Crippen LogP contribution is 2.44. The summed E-state index contributed by atoms with van der Waals surface area (Å²) in [5.41, 5.74) is 1.34. The third-order valence-electron chi connectivity index (χ3n) is 8.94. The maximum absolute atomic E-state index is 13.9. The Balaban J connectivity index is 1.28. The van der Waals surface area contributed by atoms with Gasteiger partial charge in [0.2, 0.25) is 0 Å². The topological polar surface area (TPSA) is 76.5 Å². The Morgan fingerprint density at radius 2 is 1.59 bits per heavy atom. The van der Waals surface area contributed by atoms with Gasteiger partial charge in [-0.3, -0.25) is 14.5 Å². The van der Waals surface area contributed by atoms with Gasteiger partial charge in [0, 0.05) is 37.1 Å². The molecule has 7 nitrogen and oxygen atoms in total. The van der Waals surface area contributed by atoms with Gasteiger partial charge in [-0.25, -0.2) is 4.98 Å². The minimum Gasteiger partial charge on any atom is -0.460 e. The number of hydrogen-bond acceptors (Lipinski definition) is 6. The Morgan fingerprint density at radius 1 is 0.923 bits per heavy atom. The number of rotatable bonds is 8. The number of piperidine rings is 1. The van der Waals surface area contributed by atoms with Crippen molar-refractivity contribution in [3.05, 3.63) is 34.6 Å². The molecule has 1 N–H and O–H groups in total. The second-order valence-electron chi connectivity index (χ2n) is 13.1. The molecule has 1 aromatic heterocycles. The lowest BCUT2D eigenvalue weighted by atomic mass is 9.89. The van der Waals surface area contributed by atoms with Crippen molar-refractivity contribution in [2.75, 3.05) is 11.9 Å². The maximum Gasteiger partial charge on any atom is 0.306 e. The molecule has 214 valence electrons. The van der Waals surface area contributed by atoms with Gasteiger partial charge >= 0.3 is 5.97 Å². The second-order valence-corrected chi connectivity index (χ2v) is 13.1. The predicted molar refractivity (Wildman–Crippen MR) is 157 cm³/mol. The molecular weight excluding hydrogens is 488 g/mol. The molecule has 3 atom stereocenters. The summed E-state index contributed by atoms with van der Waals surface area (Å²) in [6.45, 7) is 6.26. The van der Waals surface area contributed by atoms with Crippen molar-refractivity contribution >= 4 is 22.8 Å². The molecule has 3 fully saturated rings. The number of aromatic nitrogens is 2. The van der Waals surface area contributed by atoms with Crippen LogP contribution in [0.2, 0.25) is 0 Å². The zero-order chi connectivity index (χ0) is 27.4. The lowest BCUT2D eigenvalue weighted by molar-refractivity contribution is -0.154. The standard InChI is InChI=1S/C32H48N4O3/c1-32(2,3)39-29(37)17-11-12-20-33-30-31(38)36(28-16-10-9-15-27(28)34-30)26-21-24-18-19-25(22-26)35(24)23-13-7-5-4-6-8-14-23/h9-10,15-16,23-26H,4-8,11-14,17-22H2,1-3H3,(H,33,34)/t24-,25+,26?. The van der Waals surface area contributed by atoms with Gasteiger partial charge in [-0.15, -0.1) is 0 Å². The van der Waals surface area contributed by atoms with Crippen LogP contribution >= 0.6 is 0 Å². The monoisotopic (exact) mass is 536 g/mol. The fourth-order valence-corrected chi connectivity index (χ4v) is 7.35. The molecule has 3 heterocycles. The van der Waals surface area contributed by atoms with Gasteiger partial charge in [0.05, 0.1) is 11.0 Å². The molecule has 5 rings (SSSR count). The fraction of sp³-hybridized carbons (Fsp3) is 0.719. The molecule has 2 aromatic rings. The van der Waals surface area contributed by atoms with Gasteiger partial charge in [0.15, 0.2) is 5.82 Å². The quantitative estimate of drug-likeness (QED) is 0.303. The highest BCUT2D eigenvalue weighted by Gasteiger charge is 2.44. The fourth-order valence-electron chi connectivity index (χ4n) is 7.35. The number of carbonyl (C=O) groups excluding carboxylic acids is 1. The molecule has 1 saturated carbocycles. The zero-order valence-electron chi connectivity index (χ0n) is 24.3. The zero-order valence-corrected chi connectivity index (χ0v) is 24.3. The summed E-state index contributed by atoms with van der Waals surface area (Å²) >= 11 is 0. The van der Waals surface area contributed by atoms with Crippen LogP contribution < -0.4 is 10.9 Å². The summed E-state index contributed by atoms with van der Waals surface area (Å²) in [6.07, 6.45) is 16.1. The number of benzene rings is 1. The third kappa shape index (κ3) is 6.85. The van der Waals surface area contributed by atoms with Crippen molar-refractivity contribution in [3.63, 3.8) is 0 Å². The van der Waals surface area contributed by atoms with Gasteiger partial charge in [-0.05, 0) is 84.3 Å². The average molecular weight is 537 g/mol. The minimum atomic E-state index is -0.458. The average Bonchev–Trinajstić information content (AvgIpc) is 3.11. The number of nitrogens with zero attached hydrogens (tertiary/aromatic N) is 3. The van der Waals surface area contributed by atoms with Gasteiger partial charge in [0.1, 0.15) is 5.60 Å². The van der Waals surface area contributed by atoms with E-state index in [1.54, 1.807) is 0 Å². The van der Waals surface area contributed by atoms with Crippen molar-refractivity contribution in [2.45, 2.75) is 140 Å². The van der Waals surface area contributed by atoms with Gasteiger partial charge in [-0.1, -0.05) is 44.2 Å². The van der Waals surface area contributed by atoms with E-state index in [2.05, 4.69) is 20.9 Å². The third-order valence-corrected chi connectivity index (χ3v) is 8.94. The van der Waals surface area contributed by atoms with Crippen molar-refractivity contribution in [1.82, 2.24) is 14.5 Å². The summed E-state index contributed by atoms with van der Waals surface area (Å²) < 4.78 is 7.47. The Labute approximate surface area is 233 Å². The Kier molecular flexibility index (Phi) is 8.95. The van der Waals surface area contributed by atoms with Crippen LogP contribution in [0.1, 0.15) is 117 Å². The molecule has 7 heteroatoms. The Hall–Kier alpha value is -2.41. The van der Waals surface area contributed by atoms with E-state index in [1.807, 2.05) is 39.0 Å². The van der Waals surface area contributed by atoms with Crippen molar-refractivity contribution in [1.29, 1.82) is 0 Å². The van der Waals surface area contributed by atoms with E-state index < -0.39 is 5.60 Å². The molecule has 0 radical (unpaired) electrons. The summed E-state index contributed by atoms with van der Waals surface area (Å²) in [6, 6.07) is 10.2. The molecule has 0 spiro atoms. The molecule has 0 amide bonds. The highest BCUT2D eigenvalue weighted by atomic mass is 16.6. The summed E-state index contributed by atoms with van der Waals surface area (Å²) in [4.78, 5) is 33.5. The summed E-state index contributed by atoms with van der Waals surface area (Å²) in [5, 5.41) is 3.31. The van der Waals surface area contributed by atoms with Crippen LogP contribution in [0.4, 0.5) is 5.82 Å². The van der Waals surface area contributed by atoms with Crippen molar-refractivity contribution < 1.29 is 9.53 Å². The van der Waals surface area contributed by atoms with E-state index in [1.165, 1.54) is 57.8 Å². The second kappa shape index (κ2) is 12.4. The highest BCUT2D eigenvalue weighted by molar-refractivity contribution is 5.76. The molecule has 39 heavy (non-hydrogen) atoms. The minimum absolute atomic E-state index is 0.00959. The van der Waals surface area contributed by atoms with Gasteiger partial charge in [0.25, 0.3) is 5.56 Å². The van der Waals surface area contributed by atoms with E-state index in [0.29, 0.717) is 37.3 Å². The van der Waals surface area contributed by atoms with Crippen LogP contribution in [0.15, 0.2) is 29.1 Å². The lowest BCUT2D eigenvalue weighted by Crippen LogP contribution is -2.50. The van der Waals surface area contributed by atoms with Crippen LogP contribution in [-0.4, -0.2) is 50.7 Å². The first-order valence-corrected chi connectivity index (χ1v) is 15.5. The van der Waals surface area contributed by atoms with E-state index in [-0.39, 0.29) is 17.6 Å². The normalized spacial score (nSPS) is 24.8. The number of para-hydroxylation sites is 2. The van der Waals surface area contributed by atoms with Crippen molar-refractivity contribution in [2.24, 2.45) is 0 Å². The molecule has 2 bridgehead atoms. The molecule has 2 saturated heterocycles. The maximum atomic E-state index is 13.9. The molecule has 1 unspecified atom stereocenters. The van der Waals surface area contributed by atoms with Gasteiger partial charge in [-0.2, -0.15) is 0 Å². The van der Waals surface area contributed by atoms with E-state index >= 15 is 0 Å². The summed E-state index contributed by atoms with van der Waals surface area (Å²) in [7, 11) is 0. The lowest BCUT2D eigenvalue weighted by Gasteiger charge is -2.45. The van der Waals surface area contributed by atoms with Crippen LogP contribution in [0, 0.1) is 0 Å². The van der Waals surface area contributed by atoms with Crippen LogP contribution in [0.5, 0.6) is 0 Å². The van der Waals surface area contributed by atoms with Crippen LogP contribution in [0.3, 0.4) is 0 Å². The molecule has 3 aliphatic rings.